The van der Waals surface area contributed by atoms with Crippen LogP contribution in [0.4, 0.5) is 25.8 Å². The van der Waals surface area contributed by atoms with E-state index in [2.05, 4.69) is 20.0 Å². The number of para-hydroxylation sites is 1. The normalized spacial score (nSPS) is 11.6. The van der Waals surface area contributed by atoms with E-state index in [4.69, 9.17) is 0 Å². The lowest BCUT2D eigenvalue weighted by atomic mass is 10.1. The predicted molar refractivity (Wildman–Crippen MR) is 124 cm³/mol. The Bertz CT molecular complexity index is 1350. The average Bonchev–Trinajstić information content (AvgIpc) is 2.76. The highest BCUT2D eigenvalue weighted by molar-refractivity contribution is 7.92. The van der Waals surface area contributed by atoms with Crippen molar-refractivity contribution in [2.24, 2.45) is 5.10 Å². The quantitative estimate of drug-likeness (QED) is 0.246. The molecular formula is C22H20F2N4O5S. The van der Waals surface area contributed by atoms with Gasteiger partial charge in [-0.1, -0.05) is 29.8 Å². The van der Waals surface area contributed by atoms with Gasteiger partial charge in [-0.2, -0.15) is 13.9 Å². The van der Waals surface area contributed by atoms with Crippen LogP contribution in [0.5, 0.6) is 5.75 Å². The van der Waals surface area contributed by atoms with Gasteiger partial charge in [-0.15, -0.1) is 0 Å². The van der Waals surface area contributed by atoms with E-state index in [1.165, 1.54) is 24.3 Å². The number of nitrogens with zero attached hydrogens (tertiary/aromatic N) is 2. The van der Waals surface area contributed by atoms with E-state index in [9.17, 15) is 27.3 Å². The average molecular weight is 490 g/mol. The molecule has 9 nitrogen and oxygen atoms in total. The van der Waals surface area contributed by atoms with Crippen LogP contribution in [0.1, 0.15) is 16.7 Å². The van der Waals surface area contributed by atoms with Gasteiger partial charge in [0, 0.05) is 17.7 Å². The van der Waals surface area contributed by atoms with Crippen molar-refractivity contribution in [3.8, 4) is 5.75 Å². The van der Waals surface area contributed by atoms with Crippen LogP contribution in [-0.2, 0) is 10.0 Å². The molecule has 0 saturated carbocycles. The molecule has 0 spiro atoms. The van der Waals surface area contributed by atoms with Crippen LogP contribution in [-0.4, -0.2) is 26.2 Å². The molecule has 2 N–H and O–H groups in total. The van der Waals surface area contributed by atoms with Gasteiger partial charge in [-0.05, 0) is 43.7 Å². The molecule has 3 aromatic carbocycles. The number of ether oxygens (including phenoxy) is 1. The van der Waals surface area contributed by atoms with Crippen molar-refractivity contribution in [1.82, 2.24) is 0 Å². The zero-order chi connectivity index (χ0) is 24.9. The van der Waals surface area contributed by atoms with Crippen molar-refractivity contribution in [3.05, 3.63) is 87.5 Å². The molecule has 0 aliphatic rings. The number of alkyl halides is 2. The number of nitrogens with one attached hydrogen (secondary N) is 2. The predicted octanol–water partition coefficient (Wildman–Crippen LogP) is 5.06. The van der Waals surface area contributed by atoms with E-state index in [0.717, 1.165) is 23.9 Å². The van der Waals surface area contributed by atoms with Crippen molar-refractivity contribution in [3.63, 3.8) is 0 Å². The minimum atomic E-state index is -4.27. The summed E-state index contributed by atoms with van der Waals surface area (Å²) in [6.45, 7) is 0.544. The second kappa shape index (κ2) is 10.3. The molecule has 3 rings (SSSR count). The Morgan fingerprint density at radius 1 is 1.06 bits per heavy atom. The number of hydrogen-bond donors (Lipinski definition) is 2. The number of nitro groups is 1. The van der Waals surface area contributed by atoms with Crippen LogP contribution in [0.3, 0.4) is 0 Å². The van der Waals surface area contributed by atoms with Gasteiger partial charge in [0.15, 0.2) is 0 Å². The molecular weight excluding hydrogens is 470 g/mol. The van der Waals surface area contributed by atoms with Gasteiger partial charge in [-0.25, -0.2) is 8.42 Å². The first-order chi connectivity index (χ1) is 16.1. The van der Waals surface area contributed by atoms with Gasteiger partial charge >= 0.3 is 6.61 Å². The molecule has 0 aromatic heterocycles. The zero-order valence-corrected chi connectivity index (χ0v) is 18.8. The number of rotatable bonds is 9. The lowest BCUT2D eigenvalue weighted by Crippen LogP contribution is -2.16. The van der Waals surface area contributed by atoms with E-state index in [1.807, 2.05) is 6.92 Å². The molecule has 0 saturated heterocycles. The molecule has 0 radical (unpaired) electrons. The molecule has 0 aliphatic carbocycles. The van der Waals surface area contributed by atoms with E-state index in [1.54, 1.807) is 31.2 Å². The Labute approximate surface area is 194 Å². The topological polar surface area (TPSA) is 123 Å². The van der Waals surface area contributed by atoms with Crippen molar-refractivity contribution in [1.29, 1.82) is 0 Å². The molecule has 0 aliphatic heterocycles. The molecule has 12 heteroatoms. The number of hydrogen-bond acceptors (Lipinski definition) is 7. The number of non-ortho nitro benzene ring substituents is 1. The molecule has 0 unspecified atom stereocenters. The van der Waals surface area contributed by atoms with Crippen LogP contribution >= 0.6 is 0 Å². The van der Waals surface area contributed by atoms with Gasteiger partial charge < -0.3 is 4.74 Å². The van der Waals surface area contributed by atoms with Crippen LogP contribution in [0, 0.1) is 24.0 Å². The van der Waals surface area contributed by atoms with E-state index < -0.39 is 32.1 Å². The SMILES string of the molecule is Cc1ccc(NS(=O)(=O)c2cc([N+](=O)[O-])ccc2N/N=C/c2ccccc2OC(F)F)c(C)c1. The lowest BCUT2D eigenvalue weighted by Gasteiger charge is -2.14. The number of sulfonamides is 1. The van der Waals surface area contributed by atoms with E-state index >= 15 is 0 Å². The molecule has 178 valence electrons. The zero-order valence-electron chi connectivity index (χ0n) is 18.0. The Morgan fingerprint density at radius 3 is 2.44 bits per heavy atom. The van der Waals surface area contributed by atoms with Gasteiger partial charge in [-0.3, -0.25) is 20.3 Å². The van der Waals surface area contributed by atoms with Crippen molar-refractivity contribution >= 4 is 33.3 Å². The molecule has 0 bridgehead atoms. The standard InChI is InChI=1S/C22H20F2N4O5S/c1-14-7-9-18(15(2)11-14)27-34(31,32)21-12-17(28(29)30)8-10-19(21)26-25-13-16-5-3-4-6-20(16)33-22(23)24/h3-13,22,26-27H,1-2H3/b25-13+. The van der Waals surface area contributed by atoms with Crippen molar-refractivity contribution < 1.29 is 26.9 Å². The minimum Gasteiger partial charge on any atom is -0.434 e. The van der Waals surface area contributed by atoms with Crippen LogP contribution in [0.15, 0.2) is 70.7 Å². The Kier molecular flexibility index (Phi) is 7.41. The Balaban J connectivity index is 1.95. The number of aryl methyl sites for hydroxylation is 2. The smallest absolute Gasteiger partial charge is 0.387 e. The molecule has 0 fully saturated rings. The number of nitro benzene ring substituents is 1. The summed E-state index contributed by atoms with van der Waals surface area (Å²) in [6, 6.07) is 14.2. The summed E-state index contributed by atoms with van der Waals surface area (Å²) >= 11 is 0. The van der Waals surface area contributed by atoms with Gasteiger partial charge in [0.2, 0.25) is 0 Å². The number of hydrazone groups is 1. The summed E-state index contributed by atoms with van der Waals surface area (Å²) in [7, 11) is -4.27. The summed E-state index contributed by atoms with van der Waals surface area (Å²) in [6.07, 6.45) is 1.16. The van der Waals surface area contributed by atoms with Crippen molar-refractivity contribution in [2.75, 3.05) is 10.1 Å². The highest BCUT2D eigenvalue weighted by Gasteiger charge is 2.23. The summed E-state index contributed by atoms with van der Waals surface area (Å²) < 4.78 is 58.3. The fourth-order valence-corrected chi connectivity index (χ4v) is 4.34. The first kappa shape index (κ1) is 24.6. The third-order valence-corrected chi connectivity index (χ3v) is 6.02. The number of benzene rings is 3. The van der Waals surface area contributed by atoms with Crippen LogP contribution in [0.25, 0.3) is 0 Å². The largest absolute Gasteiger partial charge is 0.434 e. The second-order valence-corrected chi connectivity index (χ2v) is 8.80. The summed E-state index contributed by atoms with van der Waals surface area (Å²) in [5.74, 6) is -0.129. The van der Waals surface area contributed by atoms with Gasteiger partial charge in [0.05, 0.1) is 22.5 Å². The third-order valence-electron chi connectivity index (χ3n) is 4.62. The highest BCUT2D eigenvalue weighted by atomic mass is 32.2. The monoisotopic (exact) mass is 490 g/mol. The maximum Gasteiger partial charge on any atom is 0.387 e. The molecule has 3 aromatic rings. The minimum absolute atomic E-state index is 0.0635. The number of halogens is 2. The second-order valence-electron chi connectivity index (χ2n) is 7.15. The third kappa shape index (κ3) is 6.04. The maximum absolute atomic E-state index is 13.1. The van der Waals surface area contributed by atoms with E-state index in [0.29, 0.717) is 11.3 Å². The van der Waals surface area contributed by atoms with Gasteiger partial charge in [0.25, 0.3) is 15.7 Å². The Hall–Kier alpha value is -4.06. The van der Waals surface area contributed by atoms with Crippen LogP contribution < -0.4 is 14.9 Å². The molecule has 0 heterocycles. The molecule has 34 heavy (non-hydrogen) atoms. The van der Waals surface area contributed by atoms with Crippen LogP contribution in [0.2, 0.25) is 0 Å². The fraction of sp³-hybridized carbons (Fsp3) is 0.136. The highest BCUT2D eigenvalue weighted by Crippen LogP contribution is 2.29. The lowest BCUT2D eigenvalue weighted by molar-refractivity contribution is -0.385. The van der Waals surface area contributed by atoms with E-state index in [-0.39, 0.29) is 17.0 Å². The van der Waals surface area contributed by atoms with Crippen molar-refractivity contribution in [2.45, 2.75) is 25.4 Å². The summed E-state index contributed by atoms with van der Waals surface area (Å²) in [4.78, 5) is 10.1. The first-order valence-corrected chi connectivity index (χ1v) is 11.3. The summed E-state index contributed by atoms with van der Waals surface area (Å²) in [5, 5.41) is 15.1. The van der Waals surface area contributed by atoms with Gasteiger partial charge in [0.1, 0.15) is 10.6 Å². The number of anilines is 2. The fourth-order valence-electron chi connectivity index (χ4n) is 3.03. The first-order valence-electron chi connectivity index (χ1n) is 9.78. The molecule has 0 atom stereocenters. The molecule has 0 amide bonds. The maximum atomic E-state index is 13.1. The Morgan fingerprint density at radius 2 is 1.76 bits per heavy atom. The summed E-state index contributed by atoms with van der Waals surface area (Å²) in [5.41, 5.74) is 4.12.